The lowest BCUT2D eigenvalue weighted by Gasteiger charge is -2.03. The molecule has 0 spiro atoms. The Morgan fingerprint density at radius 1 is 1.41 bits per heavy atom. The Hall–Kier alpha value is -2.76. The van der Waals surface area contributed by atoms with Crippen LogP contribution in [0.4, 0.5) is 5.82 Å². The van der Waals surface area contributed by atoms with E-state index in [2.05, 4.69) is 10.4 Å². The summed E-state index contributed by atoms with van der Waals surface area (Å²) in [4.78, 5) is 12.3. The maximum Gasteiger partial charge on any atom is 0.292 e. The molecule has 3 aromatic rings. The van der Waals surface area contributed by atoms with Gasteiger partial charge in [-0.2, -0.15) is 5.10 Å². The van der Waals surface area contributed by atoms with Crippen LogP contribution >= 0.6 is 0 Å². The van der Waals surface area contributed by atoms with E-state index in [4.69, 9.17) is 9.15 Å². The number of nitrogens with one attached hydrogen (secondary N) is 1. The van der Waals surface area contributed by atoms with Crippen LogP contribution < -0.4 is 10.1 Å². The van der Waals surface area contributed by atoms with Gasteiger partial charge in [-0.1, -0.05) is 12.1 Å². The number of furan rings is 1. The first-order valence-corrected chi connectivity index (χ1v) is 7.06. The lowest BCUT2D eigenvalue weighted by atomic mass is 10.2. The molecule has 0 radical (unpaired) electrons. The van der Waals surface area contributed by atoms with Crippen LogP contribution in [0.15, 0.2) is 34.7 Å². The van der Waals surface area contributed by atoms with Gasteiger partial charge in [-0.15, -0.1) is 0 Å². The SMILES string of the molecule is CCOc1cccc2cc(C(=O)Nc3cc(C)nn3C)oc12. The molecule has 0 unspecified atom stereocenters. The Labute approximate surface area is 127 Å². The van der Waals surface area contributed by atoms with Gasteiger partial charge in [0.05, 0.1) is 12.3 Å². The fourth-order valence-corrected chi connectivity index (χ4v) is 2.32. The molecule has 114 valence electrons. The second-order valence-corrected chi connectivity index (χ2v) is 4.97. The molecule has 6 nitrogen and oxygen atoms in total. The summed E-state index contributed by atoms with van der Waals surface area (Å²) >= 11 is 0. The van der Waals surface area contributed by atoms with E-state index in [0.29, 0.717) is 23.8 Å². The molecule has 0 aliphatic heterocycles. The van der Waals surface area contributed by atoms with E-state index in [1.807, 2.05) is 32.0 Å². The molecule has 22 heavy (non-hydrogen) atoms. The van der Waals surface area contributed by atoms with Crippen LogP contribution in [0.25, 0.3) is 11.0 Å². The molecule has 0 fully saturated rings. The van der Waals surface area contributed by atoms with Crippen molar-refractivity contribution in [2.24, 2.45) is 7.05 Å². The lowest BCUT2D eigenvalue weighted by molar-refractivity contribution is 0.0997. The van der Waals surface area contributed by atoms with Gasteiger partial charge in [0.1, 0.15) is 5.82 Å². The van der Waals surface area contributed by atoms with E-state index in [1.54, 1.807) is 23.9 Å². The Bertz CT molecular complexity index is 832. The van der Waals surface area contributed by atoms with Crippen molar-refractivity contribution in [3.63, 3.8) is 0 Å². The number of hydrogen-bond donors (Lipinski definition) is 1. The maximum absolute atomic E-state index is 12.3. The highest BCUT2D eigenvalue weighted by Gasteiger charge is 2.16. The number of anilines is 1. The molecule has 1 N–H and O–H groups in total. The van der Waals surface area contributed by atoms with Crippen molar-refractivity contribution in [3.05, 3.63) is 41.8 Å². The quantitative estimate of drug-likeness (QED) is 0.803. The van der Waals surface area contributed by atoms with Gasteiger partial charge >= 0.3 is 0 Å². The van der Waals surface area contributed by atoms with Gasteiger partial charge in [0.2, 0.25) is 0 Å². The zero-order valence-corrected chi connectivity index (χ0v) is 12.7. The maximum atomic E-state index is 12.3. The molecule has 0 saturated heterocycles. The summed E-state index contributed by atoms with van der Waals surface area (Å²) in [5, 5.41) is 7.81. The third kappa shape index (κ3) is 2.55. The van der Waals surface area contributed by atoms with Crippen molar-refractivity contribution in [2.45, 2.75) is 13.8 Å². The monoisotopic (exact) mass is 299 g/mol. The van der Waals surface area contributed by atoms with Crippen LogP contribution in [-0.2, 0) is 7.05 Å². The number of aromatic nitrogens is 2. The molecule has 3 rings (SSSR count). The van der Waals surface area contributed by atoms with Crippen molar-refractivity contribution >= 4 is 22.7 Å². The normalized spacial score (nSPS) is 10.9. The Balaban J connectivity index is 1.91. The first-order chi connectivity index (χ1) is 10.6. The molecule has 0 aliphatic carbocycles. The predicted molar refractivity (Wildman–Crippen MR) is 83.3 cm³/mol. The van der Waals surface area contributed by atoms with E-state index in [0.717, 1.165) is 11.1 Å². The minimum Gasteiger partial charge on any atom is -0.490 e. The Morgan fingerprint density at radius 3 is 2.91 bits per heavy atom. The van der Waals surface area contributed by atoms with Crippen molar-refractivity contribution in [1.29, 1.82) is 0 Å². The molecule has 2 aromatic heterocycles. The van der Waals surface area contributed by atoms with E-state index >= 15 is 0 Å². The fourth-order valence-electron chi connectivity index (χ4n) is 2.32. The van der Waals surface area contributed by atoms with Crippen LogP contribution in [0.2, 0.25) is 0 Å². The van der Waals surface area contributed by atoms with Gasteiger partial charge in [0.15, 0.2) is 17.1 Å². The van der Waals surface area contributed by atoms with E-state index in [9.17, 15) is 4.79 Å². The number of carbonyl (C=O) groups is 1. The van der Waals surface area contributed by atoms with E-state index in [-0.39, 0.29) is 11.7 Å². The van der Waals surface area contributed by atoms with E-state index in [1.165, 1.54) is 0 Å². The number of amides is 1. The number of nitrogens with zero attached hydrogens (tertiary/aromatic N) is 2. The number of benzene rings is 1. The van der Waals surface area contributed by atoms with Gasteiger partial charge in [0, 0.05) is 18.5 Å². The first-order valence-electron chi connectivity index (χ1n) is 7.06. The van der Waals surface area contributed by atoms with Crippen molar-refractivity contribution < 1.29 is 13.9 Å². The molecule has 0 atom stereocenters. The number of ether oxygens (including phenoxy) is 1. The summed E-state index contributed by atoms with van der Waals surface area (Å²) in [6.45, 7) is 4.31. The Kier molecular flexibility index (Phi) is 3.58. The van der Waals surface area contributed by atoms with Crippen LogP contribution in [0.5, 0.6) is 5.75 Å². The Morgan fingerprint density at radius 2 is 2.23 bits per heavy atom. The second kappa shape index (κ2) is 5.55. The van der Waals surface area contributed by atoms with E-state index < -0.39 is 0 Å². The molecule has 0 bridgehead atoms. The highest BCUT2D eigenvalue weighted by Crippen LogP contribution is 2.29. The number of hydrogen-bond acceptors (Lipinski definition) is 4. The molecule has 2 heterocycles. The van der Waals surface area contributed by atoms with Gasteiger partial charge in [-0.05, 0) is 26.0 Å². The van der Waals surface area contributed by atoms with Gasteiger partial charge in [-0.3, -0.25) is 9.48 Å². The summed E-state index contributed by atoms with van der Waals surface area (Å²) in [6.07, 6.45) is 0. The number of aryl methyl sites for hydroxylation is 2. The number of carbonyl (C=O) groups excluding carboxylic acids is 1. The zero-order valence-electron chi connectivity index (χ0n) is 12.7. The molecule has 0 aliphatic rings. The highest BCUT2D eigenvalue weighted by atomic mass is 16.5. The lowest BCUT2D eigenvalue weighted by Crippen LogP contribution is -2.13. The zero-order chi connectivity index (χ0) is 15.7. The molecule has 1 amide bonds. The van der Waals surface area contributed by atoms with Crippen molar-refractivity contribution in [2.75, 3.05) is 11.9 Å². The van der Waals surface area contributed by atoms with Crippen LogP contribution in [0.1, 0.15) is 23.2 Å². The molecular formula is C16H17N3O3. The number of rotatable bonds is 4. The summed E-state index contributed by atoms with van der Waals surface area (Å²) in [6, 6.07) is 9.07. The minimum atomic E-state index is -0.318. The van der Waals surface area contributed by atoms with Gasteiger partial charge < -0.3 is 14.5 Å². The minimum absolute atomic E-state index is 0.237. The molecular weight excluding hydrogens is 282 g/mol. The number of para-hydroxylation sites is 1. The van der Waals surface area contributed by atoms with Crippen LogP contribution in [-0.4, -0.2) is 22.3 Å². The summed E-state index contributed by atoms with van der Waals surface area (Å²) in [5.74, 6) is 1.17. The molecule has 0 saturated carbocycles. The average Bonchev–Trinajstić information content (AvgIpc) is 3.04. The molecule has 6 heteroatoms. The predicted octanol–water partition coefficient (Wildman–Crippen LogP) is 3.13. The smallest absolute Gasteiger partial charge is 0.292 e. The summed E-state index contributed by atoms with van der Waals surface area (Å²) < 4.78 is 12.8. The van der Waals surface area contributed by atoms with Crippen LogP contribution in [0.3, 0.4) is 0 Å². The highest BCUT2D eigenvalue weighted by molar-refractivity contribution is 6.04. The van der Waals surface area contributed by atoms with Gasteiger partial charge in [-0.25, -0.2) is 0 Å². The summed E-state index contributed by atoms with van der Waals surface area (Å²) in [7, 11) is 1.77. The van der Waals surface area contributed by atoms with Crippen molar-refractivity contribution in [1.82, 2.24) is 9.78 Å². The third-order valence-electron chi connectivity index (χ3n) is 3.28. The topological polar surface area (TPSA) is 69.3 Å². The summed E-state index contributed by atoms with van der Waals surface area (Å²) in [5.41, 5.74) is 1.41. The average molecular weight is 299 g/mol. The molecule has 1 aromatic carbocycles. The first kappa shape index (κ1) is 14.2. The van der Waals surface area contributed by atoms with Crippen LogP contribution in [0, 0.1) is 6.92 Å². The standard InChI is InChI=1S/C16H17N3O3/c1-4-21-12-7-5-6-11-9-13(22-15(11)12)16(20)17-14-8-10(2)18-19(14)3/h5-9H,4H2,1-3H3,(H,17,20). The van der Waals surface area contributed by atoms with Gasteiger partial charge in [0.25, 0.3) is 5.91 Å². The fraction of sp³-hybridized carbons (Fsp3) is 0.250. The second-order valence-electron chi connectivity index (χ2n) is 4.97. The number of fused-ring (bicyclic) bond motifs is 1. The third-order valence-corrected chi connectivity index (χ3v) is 3.28. The largest absolute Gasteiger partial charge is 0.490 e. The van der Waals surface area contributed by atoms with Crippen molar-refractivity contribution in [3.8, 4) is 5.75 Å².